The fraction of sp³-hybridized carbons (Fsp3) is 0.400. The maximum absolute atomic E-state index is 5.44. The van der Waals surface area contributed by atoms with Gasteiger partial charge in [0.05, 0.1) is 18.9 Å². The zero-order valence-electron chi connectivity index (χ0n) is 11.7. The van der Waals surface area contributed by atoms with Crippen LogP contribution in [0.15, 0.2) is 24.7 Å². The largest absolute Gasteiger partial charge is 0.378 e. The van der Waals surface area contributed by atoms with Crippen LogP contribution in [0.3, 0.4) is 0 Å². The van der Waals surface area contributed by atoms with Crippen molar-refractivity contribution in [2.24, 2.45) is 0 Å². The minimum Gasteiger partial charge on any atom is -0.378 e. The van der Waals surface area contributed by atoms with E-state index < -0.39 is 0 Å². The predicted octanol–water partition coefficient (Wildman–Crippen LogP) is 1.34. The third-order valence-corrected chi connectivity index (χ3v) is 3.96. The normalized spacial score (nSPS) is 17.4. The van der Waals surface area contributed by atoms with Gasteiger partial charge in [0, 0.05) is 37.0 Å². The average molecular weight is 283 g/mol. The quantitative estimate of drug-likeness (QED) is 0.852. The first kappa shape index (κ1) is 12.5. The van der Waals surface area contributed by atoms with Crippen molar-refractivity contribution in [1.29, 1.82) is 0 Å². The summed E-state index contributed by atoms with van der Waals surface area (Å²) < 4.78 is 5.44. The van der Waals surface area contributed by atoms with Gasteiger partial charge in [0.1, 0.15) is 18.0 Å². The smallest absolute Gasteiger partial charge is 0.136 e. The fourth-order valence-electron chi connectivity index (χ4n) is 2.96. The lowest BCUT2D eigenvalue weighted by Crippen LogP contribution is -2.37. The maximum atomic E-state index is 5.44. The number of morpholine rings is 1. The number of nitrogens with zero attached hydrogens (tertiary/aromatic N) is 4. The molecule has 6 nitrogen and oxygen atoms in total. The van der Waals surface area contributed by atoms with Gasteiger partial charge in [-0.05, 0) is 18.6 Å². The van der Waals surface area contributed by atoms with Crippen molar-refractivity contribution in [1.82, 2.24) is 15.0 Å². The van der Waals surface area contributed by atoms with Gasteiger partial charge >= 0.3 is 0 Å². The lowest BCUT2D eigenvalue weighted by atomic mass is 10.1. The van der Waals surface area contributed by atoms with E-state index in [1.54, 1.807) is 12.5 Å². The summed E-state index contributed by atoms with van der Waals surface area (Å²) in [5.74, 6) is 1.95. The molecule has 108 valence electrons. The van der Waals surface area contributed by atoms with Crippen LogP contribution >= 0.6 is 0 Å². The van der Waals surface area contributed by atoms with E-state index in [1.165, 1.54) is 5.56 Å². The molecule has 2 aromatic heterocycles. The SMILES string of the molecule is c1cnc2c(c1)-c1ncnc(N3CCOCC3)c1CCN2. The average Bonchev–Trinajstić information content (AvgIpc) is 2.75. The Bertz CT molecular complexity index is 654. The molecule has 4 rings (SSSR count). The maximum Gasteiger partial charge on any atom is 0.136 e. The highest BCUT2D eigenvalue weighted by Crippen LogP contribution is 2.34. The zero-order valence-corrected chi connectivity index (χ0v) is 11.7. The molecule has 0 aromatic carbocycles. The summed E-state index contributed by atoms with van der Waals surface area (Å²) in [4.78, 5) is 15.8. The number of aromatic nitrogens is 3. The van der Waals surface area contributed by atoms with E-state index in [0.29, 0.717) is 0 Å². The zero-order chi connectivity index (χ0) is 14.1. The number of hydrogen-bond acceptors (Lipinski definition) is 6. The van der Waals surface area contributed by atoms with Crippen molar-refractivity contribution in [3.63, 3.8) is 0 Å². The first-order valence-corrected chi connectivity index (χ1v) is 7.29. The summed E-state index contributed by atoms with van der Waals surface area (Å²) >= 11 is 0. The number of rotatable bonds is 1. The molecule has 0 saturated carbocycles. The monoisotopic (exact) mass is 283 g/mol. The number of anilines is 2. The Balaban J connectivity index is 1.83. The first-order chi connectivity index (χ1) is 10.4. The highest BCUT2D eigenvalue weighted by atomic mass is 16.5. The van der Waals surface area contributed by atoms with Crippen LogP contribution in [0.25, 0.3) is 11.3 Å². The minimum atomic E-state index is 0.759. The van der Waals surface area contributed by atoms with E-state index in [4.69, 9.17) is 4.74 Å². The molecule has 0 atom stereocenters. The summed E-state index contributed by atoms with van der Waals surface area (Å²) in [6.45, 7) is 4.14. The Morgan fingerprint density at radius 3 is 2.95 bits per heavy atom. The number of hydrogen-bond donors (Lipinski definition) is 1. The lowest BCUT2D eigenvalue weighted by Gasteiger charge is -2.29. The highest BCUT2D eigenvalue weighted by Gasteiger charge is 2.23. The molecular weight excluding hydrogens is 266 g/mol. The molecule has 1 N–H and O–H groups in total. The van der Waals surface area contributed by atoms with Crippen molar-refractivity contribution in [2.45, 2.75) is 6.42 Å². The van der Waals surface area contributed by atoms with Gasteiger partial charge in [-0.2, -0.15) is 0 Å². The molecule has 6 heteroatoms. The van der Waals surface area contributed by atoms with Gasteiger partial charge in [0.15, 0.2) is 0 Å². The number of pyridine rings is 1. The Hall–Kier alpha value is -2.21. The van der Waals surface area contributed by atoms with Gasteiger partial charge in [-0.25, -0.2) is 15.0 Å². The number of nitrogens with one attached hydrogen (secondary N) is 1. The predicted molar refractivity (Wildman–Crippen MR) is 80.5 cm³/mol. The molecule has 1 fully saturated rings. The highest BCUT2D eigenvalue weighted by molar-refractivity contribution is 5.78. The lowest BCUT2D eigenvalue weighted by molar-refractivity contribution is 0.122. The van der Waals surface area contributed by atoms with E-state index in [1.807, 2.05) is 6.07 Å². The van der Waals surface area contributed by atoms with Crippen LogP contribution < -0.4 is 10.2 Å². The third kappa shape index (κ3) is 2.21. The molecule has 21 heavy (non-hydrogen) atoms. The van der Waals surface area contributed by atoms with Crippen LogP contribution in [-0.4, -0.2) is 47.8 Å². The van der Waals surface area contributed by atoms with Gasteiger partial charge in [-0.15, -0.1) is 0 Å². The summed E-state index contributed by atoms with van der Waals surface area (Å²) in [5, 5.41) is 3.38. The van der Waals surface area contributed by atoms with Gasteiger partial charge in [-0.1, -0.05) is 0 Å². The molecule has 2 aliphatic heterocycles. The van der Waals surface area contributed by atoms with Gasteiger partial charge in [0.25, 0.3) is 0 Å². The van der Waals surface area contributed by atoms with E-state index in [2.05, 4.69) is 31.2 Å². The van der Waals surface area contributed by atoms with Gasteiger partial charge in [0.2, 0.25) is 0 Å². The second kappa shape index (κ2) is 5.29. The van der Waals surface area contributed by atoms with Crippen LogP contribution in [-0.2, 0) is 11.2 Å². The van der Waals surface area contributed by atoms with Crippen molar-refractivity contribution < 1.29 is 4.74 Å². The number of ether oxygens (including phenoxy) is 1. The first-order valence-electron chi connectivity index (χ1n) is 7.29. The second-order valence-corrected chi connectivity index (χ2v) is 5.20. The van der Waals surface area contributed by atoms with E-state index >= 15 is 0 Å². The molecule has 2 aromatic rings. The van der Waals surface area contributed by atoms with Crippen LogP contribution in [0.1, 0.15) is 5.56 Å². The van der Waals surface area contributed by atoms with E-state index in [0.717, 1.165) is 62.2 Å². The minimum absolute atomic E-state index is 0.759. The van der Waals surface area contributed by atoms with Crippen molar-refractivity contribution in [3.05, 3.63) is 30.2 Å². The molecule has 0 spiro atoms. The van der Waals surface area contributed by atoms with Crippen LogP contribution in [0.4, 0.5) is 11.6 Å². The Morgan fingerprint density at radius 2 is 2.05 bits per heavy atom. The van der Waals surface area contributed by atoms with Gasteiger partial charge in [-0.3, -0.25) is 0 Å². The van der Waals surface area contributed by atoms with Gasteiger partial charge < -0.3 is 15.0 Å². The standard InChI is InChI=1S/C15H17N5O/c1-2-11-13-12(3-5-17-14(11)16-4-1)15(19-10-18-13)20-6-8-21-9-7-20/h1-2,4,10H,3,5-9H2,(H,16,17). The summed E-state index contributed by atoms with van der Waals surface area (Å²) in [6, 6.07) is 4.02. The Labute approximate surface area is 123 Å². The molecule has 0 amide bonds. The molecule has 0 bridgehead atoms. The van der Waals surface area contributed by atoms with Crippen LogP contribution in [0.2, 0.25) is 0 Å². The van der Waals surface area contributed by atoms with Crippen molar-refractivity contribution in [3.8, 4) is 11.3 Å². The summed E-state index contributed by atoms with van der Waals surface area (Å²) in [5.41, 5.74) is 3.26. The van der Waals surface area contributed by atoms with E-state index in [-0.39, 0.29) is 0 Å². The molecular formula is C15H17N5O. The Morgan fingerprint density at radius 1 is 1.14 bits per heavy atom. The van der Waals surface area contributed by atoms with Crippen molar-refractivity contribution in [2.75, 3.05) is 43.1 Å². The van der Waals surface area contributed by atoms with Crippen LogP contribution in [0.5, 0.6) is 0 Å². The van der Waals surface area contributed by atoms with E-state index in [9.17, 15) is 0 Å². The molecule has 2 aliphatic rings. The second-order valence-electron chi connectivity index (χ2n) is 5.20. The summed E-state index contributed by atoms with van der Waals surface area (Å²) in [7, 11) is 0. The van der Waals surface area contributed by atoms with Crippen LogP contribution in [0, 0.1) is 0 Å². The molecule has 1 saturated heterocycles. The van der Waals surface area contributed by atoms with Crippen molar-refractivity contribution >= 4 is 11.6 Å². The molecule has 0 unspecified atom stereocenters. The molecule has 0 aliphatic carbocycles. The molecule has 4 heterocycles. The fourth-order valence-corrected chi connectivity index (χ4v) is 2.96. The summed E-state index contributed by atoms with van der Waals surface area (Å²) in [6.07, 6.45) is 4.37. The molecule has 0 radical (unpaired) electrons. The third-order valence-electron chi connectivity index (χ3n) is 3.96. The number of fused-ring (bicyclic) bond motifs is 3. The topological polar surface area (TPSA) is 63.2 Å². The Kier molecular flexibility index (Phi) is 3.16.